The molecule has 4 heteroatoms. The number of carbonyl (C=O) groups is 1. The second-order valence-corrected chi connectivity index (χ2v) is 3.86. The topological polar surface area (TPSA) is 41.6 Å². The van der Waals surface area contributed by atoms with Crippen LogP contribution < -0.4 is 5.32 Å². The minimum Gasteiger partial charge on any atom is -0.469 e. The van der Waals surface area contributed by atoms with Crippen LogP contribution in [0.4, 0.5) is 0 Å². The molecule has 3 unspecified atom stereocenters. The van der Waals surface area contributed by atoms with Crippen molar-refractivity contribution in [2.75, 3.05) is 27.7 Å². The second kappa shape index (κ2) is 4.75. The highest BCUT2D eigenvalue weighted by molar-refractivity contribution is 5.74. The molecule has 0 aliphatic carbocycles. The van der Waals surface area contributed by atoms with Crippen molar-refractivity contribution in [1.29, 1.82) is 0 Å². The maximum atomic E-state index is 11.5. The van der Waals surface area contributed by atoms with Crippen molar-refractivity contribution in [1.82, 2.24) is 10.2 Å². The third-order valence-corrected chi connectivity index (χ3v) is 3.15. The summed E-state index contributed by atoms with van der Waals surface area (Å²) in [7, 11) is 5.41. The number of methoxy groups -OCH3 is 1. The summed E-state index contributed by atoms with van der Waals surface area (Å²) < 4.78 is 4.80. The molecule has 0 spiro atoms. The predicted molar refractivity (Wildman–Crippen MR) is 55.1 cm³/mol. The summed E-state index contributed by atoms with van der Waals surface area (Å²) in [5, 5.41) is 3.22. The monoisotopic (exact) mass is 200 g/mol. The van der Waals surface area contributed by atoms with Gasteiger partial charge in [0.05, 0.1) is 13.0 Å². The fourth-order valence-corrected chi connectivity index (χ4v) is 2.43. The molecule has 3 atom stereocenters. The first kappa shape index (κ1) is 11.5. The summed E-state index contributed by atoms with van der Waals surface area (Å²) in [6.07, 6.45) is 1.05. The quantitative estimate of drug-likeness (QED) is 0.655. The maximum Gasteiger partial charge on any atom is 0.311 e. The number of esters is 1. The fraction of sp³-hybridized carbons (Fsp3) is 0.900. The van der Waals surface area contributed by atoms with E-state index in [1.807, 2.05) is 7.05 Å². The highest BCUT2D eigenvalue weighted by Gasteiger charge is 2.42. The van der Waals surface area contributed by atoms with Crippen LogP contribution in [0.5, 0.6) is 0 Å². The SMILES string of the molecule is CCC1C(NC)C(C(=O)OC)CN1C. The summed E-state index contributed by atoms with van der Waals surface area (Å²) in [4.78, 5) is 13.7. The minimum absolute atomic E-state index is 0.0278. The van der Waals surface area contributed by atoms with E-state index in [-0.39, 0.29) is 17.9 Å². The predicted octanol–water partition coefficient (Wildman–Crippen LogP) is 0.0876. The molecule has 14 heavy (non-hydrogen) atoms. The van der Waals surface area contributed by atoms with Crippen LogP contribution >= 0.6 is 0 Å². The molecule has 0 radical (unpaired) electrons. The number of likely N-dealkylation sites (N-methyl/N-ethyl adjacent to an activating group) is 2. The van der Waals surface area contributed by atoms with E-state index in [4.69, 9.17) is 4.74 Å². The van der Waals surface area contributed by atoms with Gasteiger partial charge >= 0.3 is 5.97 Å². The molecule has 1 fully saturated rings. The number of rotatable bonds is 3. The number of nitrogens with one attached hydrogen (secondary N) is 1. The Morgan fingerprint density at radius 2 is 2.29 bits per heavy atom. The first-order valence-corrected chi connectivity index (χ1v) is 5.11. The van der Waals surface area contributed by atoms with Gasteiger partial charge in [-0.3, -0.25) is 4.79 Å². The standard InChI is InChI=1S/C10H20N2O2/c1-5-8-9(11-2)7(6-12(8)3)10(13)14-4/h7-9,11H,5-6H2,1-4H3. The third-order valence-electron chi connectivity index (χ3n) is 3.15. The van der Waals surface area contributed by atoms with Crippen LogP contribution in [0.1, 0.15) is 13.3 Å². The van der Waals surface area contributed by atoms with Crippen molar-refractivity contribution in [2.24, 2.45) is 5.92 Å². The van der Waals surface area contributed by atoms with Crippen LogP contribution in [0.25, 0.3) is 0 Å². The molecule has 1 rings (SSSR count). The molecule has 1 N–H and O–H groups in total. The molecule has 0 amide bonds. The van der Waals surface area contributed by atoms with Gasteiger partial charge in [-0.15, -0.1) is 0 Å². The Balaban J connectivity index is 2.74. The smallest absolute Gasteiger partial charge is 0.311 e. The number of hydrogen-bond donors (Lipinski definition) is 1. The zero-order valence-corrected chi connectivity index (χ0v) is 9.41. The molecule has 0 aromatic rings. The Morgan fingerprint density at radius 3 is 2.71 bits per heavy atom. The van der Waals surface area contributed by atoms with Crippen molar-refractivity contribution in [3.05, 3.63) is 0 Å². The van der Waals surface area contributed by atoms with Gasteiger partial charge in [-0.25, -0.2) is 0 Å². The van der Waals surface area contributed by atoms with E-state index < -0.39 is 0 Å². The molecular weight excluding hydrogens is 180 g/mol. The van der Waals surface area contributed by atoms with Crippen molar-refractivity contribution < 1.29 is 9.53 Å². The van der Waals surface area contributed by atoms with Gasteiger partial charge in [-0.2, -0.15) is 0 Å². The minimum atomic E-state index is -0.104. The number of carbonyl (C=O) groups excluding carboxylic acids is 1. The van der Waals surface area contributed by atoms with Crippen molar-refractivity contribution >= 4 is 5.97 Å². The van der Waals surface area contributed by atoms with Crippen molar-refractivity contribution in [3.63, 3.8) is 0 Å². The Labute approximate surface area is 85.6 Å². The molecule has 0 aromatic carbocycles. The lowest BCUT2D eigenvalue weighted by molar-refractivity contribution is -0.145. The summed E-state index contributed by atoms with van der Waals surface area (Å²) in [6, 6.07) is 0.654. The Bertz CT molecular complexity index is 208. The lowest BCUT2D eigenvalue weighted by Crippen LogP contribution is -2.43. The zero-order chi connectivity index (χ0) is 10.7. The maximum absolute atomic E-state index is 11.5. The lowest BCUT2D eigenvalue weighted by atomic mass is 9.97. The number of ether oxygens (including phenoxy) is 1. The van der Waals surface area contributed by atoms with Gasteiger partial charge in [-0.1, -0.05) is 6.92 Å². The van der Waals surface area contributed by atoms with Gasteiger partial charge in [-0.05, 0) is 20.5 Å². The second-order valence-electron chi connectivity index (χ2n) is 3.86. The van der Waals surface area contributed by atoms with Gasteiger partial charge in [0, 0.05) is 18.6 Å². The highest BCUT2D eigenvalue weighted by atomic mass is 16.5. The molecular formula is C10H20N2O2. The van der Waals surface area contributed by atoms with E-state index in [9.17, 15) is 4.79 Å². The molecule has 4 nitrogen and oxygen atoms in total. The zero-order valence-electron chi connectivity index (χ0n) is 9.41. The number of hydrogen-bond acceptors (Lipinski definition) is 4. The van der Waals surface area contributed by atoms with Gasteiger partial charge in [0.15, 0.2) is 0 Å². The Morgan fingerprint density at radius 1 is 1.64 bits per heavy atom. The first-order valence-electron chi connectivity index (χ1n) is 5.11. The van der Waals surface area contributed by atoms with Crippen molar-refractivity contribution in [3.8, 4) is 0 Å². The molecule has 0 saturated carbocycles. The largest absolute Gasteiger partial charge is 0.469 e. The average Bonchev–Trinajstić information content (AvgIpc) is 2.53. The first-order chi connectivity index (χ1) is 6.65. The summed E-state index contributed by atoms with van der Waals surface area (Å²) in [6.45, 7) is 2.93. The van der Waals surface area contributed by atoms with Crippen LogP contribution in [0.15, 0.2) is 0 Å². The summed E-state index contributed by atoms with van der Waals surface area (Å²) in [5.74, 6) is -0.132. The summed E-state index contributed by atoms with van der Waals surface area (Å²) >= 11 is 0. The molecule has 1 aliphatic heterocycles. The van der Waals surface area contributed by atoms with E-state index in [2.05, 4.69) is 24.2 Å². The molecule has 82 valence electrons. The van der Waals surface area contributed by atoms with E-state index in [0.717, 1.165) is 13.0 Å². The van der Waals surface area contributed by atoms with E-state index in [0.29, 0.717) is 6.04 Å². The Kier molecular flexibility index (Phi) is 3.89. The van der Waals surface area contributed by atoms with Crippen molar-refractivity contribution in [2.45, 2.75) is 25.4 Å². The van der Waals surface area contributed by atoms with E-state index >= 15 is 0 Å². The Hall–Kier alpha value is -0.610. The summed E-state index contributed by atoms with van der Waals surface area (Å²) in [5.41, 5.74) is 0. The lowest BCUT2D eigenvalue weighted by Gasteiger charge is -2.23. The van der Waals surface area contributed by atoms with E-state index in [1.54, 1.807) is 0 Å². The van der Waals surface area contributed by atoms with Crippen LogP contribution in [-0.2, 0) is 9.53 Å². The van der Waals surface area contributed by atoms with Crippen LogP contribution in [0, 0.1) is 5.92 Å². The molecule has 1 heterocycles. The highest BCUT2D eigenvalue weighted by Crippen LogP contribution is 2.25. The van der Waals surface area contributed by atoms with Crippen LogP contribution in [0.2, 0.25) is 0 Å². The van der Waals surface area contributed by atoms with Crippen LogP contribution in [0.3, 0.4) is 0 Å². The average molecular weight is 200 g/mol. The third kappa shape index (κ3) is 1.91. The van der Waals surface area contributed by atoms with Crippen LogP contribution in [-0.4, -0.2) is 50.7 Å². The van der Waals surface area contributed by atoms with Gasteiger partial charge in [0.1, 0.15) is 0 Å². The van der Waals surface area contributed by atoms with Gasteiger partial charge < -0.3 is 15.0 Å². The number of likely N-dealkylation sites (tertiary alicyclic amines) is 1. The van der Waals surface area contributed by atoms with Gasteiger partial charge in [0.25, 0.3) is 0 Å². The fourth-order valence-electron chi connectivity index (χ4n) is 2.43. The molecule has 0 bridgehead atoms. The number of nitrogens with zero attached hydrogens (tertiary/aromatic N) is 1. The molecule has 1 saturated heterocycles. The molecule has 0 aromatic heterocycles. The van der Waals surface area contributed by atoms with Gasteiger partial charge in [0.2, 0.25) is 0 Å². The molecule has 1 aliphatic rings. The van der Waals surface area contributed by atoms with E-state index in [1.165, 1.54) is 7.11 Å². The normalized spacial score (nSPS) is 33.3.